The molecule has 4 heteroatoms. The van der Waals surface area contributed by atoms with E-state index in [9.17, 15) is 9.59 Å². The number of nitrogens with one attached hydrogen (secondary N) is 1. The molecule has 1 amide bonds. The summed E-state index contributed by atoms with van der Waals surface area (Å²) in [4.78, 5) is 22.7. The van der Waals surface area contributed by atoms with Crippen LogP contribution in [0.15, 0.2) is 18.2 Å². The van der Waals surface area contributed by atoms with Crippen LogP contribution in [0.1, 0.15) is 49.9 Å². The third kappa shape index (κ3) is 5.03. The molecule has 0 saturated heterocycles. The van der Waals surface area contributed by atoms with E-state index in [1.54, 1.807) is 20.8 Å². The number of amides is 1. The van der Waals surface area contributed by atoms with E-state index in [1.165, 1.54) is 0 Å². The van der Waals surface area contributed by atoms with Crippen molar-refractivity contribution < 1.29 is 14.3 Å². The molecular formula is C16H23NO3. The smallest absolute Gasteiger partial charge is 0.408 e. The lowest BCUT2D eigenvalue weighted by molar-refractivity contribution is -0.108. The van der Waals surface area contributed by atoms with Gasteiger partial charge >= 0.3 is 6.09 Å². The van der Waals surface area contributed by atoms with Gasteiger partial charge in [-0.3, -0.25) is 0 Å². The molecule has 1 N–H and O–H groups in total. The fourth-order valence-electron chi connectivity index (χ4n) is 1.94. The lowest BCUT2D eigenvalue weighted by Gasteiger charge is -2.24. The second kappa shape index (κ2) is 6.55. The van der Waals surface area contributed by atoms with E-state index >= 15 is 0 Å². The Bertz CT molecular complexity index is 489. The first-order chi connectivity index (χ1) is 9.23. The molecule has 4 nitrogen and oxygen atoms in total. The average Bonchev–Trinajstić information content (AvgIpc) is 2.29. The number of rotatable bonds is 4. The van der Waals surface area contributed by atoms with Crippen molar-refractivity contribution in [2.75, 3.05) is 0 Å². The number of hydrogen-bond donors (Lipinski definition) is 1. The molecule has 0 aliphatic rings. The highest BCUT2D eigenvalue weighted by Gasteiger charge is 2.21. The van der Waals surface area contributed by atoms with Gasteiger partial charge in [0.2, 0.25) is 0 Å². The lowest BCUT2D eigenvalue weighted by Crippen LogP contribution is -2.35. The number of aryl methyl sites for hydroxylation is 2. The standard InChI is InChI=1S/C16H23NO3/c1-11-6-7-12(2)13(10-11)14(8-9-18)17-15(19)20-16(3,4)5/h6-7,9-10,14H,8H2,1-5H3,(H,17,19)/t14-/m1/s1. The molecule has 0 radical (unpaired) electrons. The van der Waals surface area contributed by atoms with Crippen LogP contribution in [-0.4, -0.2) is 18.0 Å². The van der Waals surface area contributed by atoms with Crippen molar-refractivity contribution in [1.29, 1.82) is 0 Å². The van der Waals surface area contributed by atoms with Crippen LogP contribution in [0, 0.1) is 13.8 Å². The Balaban J connectivity index is 2.91. The maximum atomic E-state index is 11.9. The Hall–Kier alpha value is -1.84. The topological polar surface area (TPSA) is 55.4 Å². The van der Waals surface area contributed by atoms with Gasteiger partial charge in [-0.25, -0.2) is 4.79 Å². The molecule has 0 aromatic heterocycles. The Labute approximate surface area is 120 Å². The monoisotopic (exact) mass is 277 g/mol. The van der Waals surface area contributed by atoms with Crippen LogP contribution in [-0.2, 0) is 9.53 Å². The van der Waals surface area contributed by atoms with Crippen molar-refractivity contribution >= 4 is 12.4 Å². The van der Waals surface area contributed by atoms with Crippen molar-refractivity contribution in [3.63, 3.8) is 0 Å². The first-order valence-electron chi connectivity index (χ1n) is 6.73. The van der Waals surface area contributed by atoms with Gasteiger partial charge in [0.25, 0.3) is 0 Å². The maximum Gasteiger partial charge on any atom is 0.408 e. The minimum absolute atomic E-state index is 0.226. The summed E-state index contributed by atoms with van der Waals surface area (Å²) in [6.45, 7) is 9.36. The molecule has 0 spiro atoms. The van der Waals surface area contributed by atoms with Gasteiger partial charge in [0, 0.05) is 6.42 Å². The van der Waals surface area contributed by atoms with Crippen LogP contribution < -0.4 is 5.32 Å². The molecule has 0 saturated carbocycles. The Morgan fingerprint density at radius 1 is 1.35 bits per heavy atom. The zero-order valence-corrected chi connectivity index (χ0v) is 12.8. The van der Waals surface area contributed by atoms with Gasteiger partial charge in [-0.2, -0.15) is 0 Å². The molecule has 20 heavy (non-hydrogen) atoms. The molecule has 1 aromatic rings. The zero-order valence-electron chi connectivity index (χ0n) is 12.8. The summed E-state index contributed by atoms with van der Waals surface area (Å²) in [5.74, 6) is 0. The van der Waals surface area contributed by atoms with Crippen LogP contribution in [0.5, 0.6) is 0 Å². The summed E-state index contributed by atoms with van der Waals surface area (Å²) in [6.07, 6.45) is 0.526. The molecule has 0 unspecified atom stereocenters. The summed E-state index contributed by atoms with van der Waals surface area (Å²) in [7, 11) is 0. The van der Waals surface area contributed by atoms with Crippen molar-refractivity contribution in [3.05, 3.63) is 34.9 Å². The van der Waals surface area contributed by atoms with E-state index < -0.39 is 11.7 Å². The molecule has 0 heterocycles. The van der Waals surface area contributed by atoms with Crippen LogP contribution in [0.25, 0.3) is 0 Å². The van der Waals surface area contributed by atoms with Gasteiger partial charge in [0.1, 0.15) is 11.9 Å². The summed E-state index contributed by atoms with van der Waals surface area (Å²) < 4.78 is 5.24. The Kier molecular flexibility index (Phi) is 5.31. The molecule has 0 bridgehead atoms. The third-order valence-corrected chi connectivity index (χ3v) is 2.83. The largest absolute Gasteiger partial charge is 0.444 e. The van der Waals surface area contributed by atoms with E-state index in [0.29, 0.717) is 0 Å². The summed E-state index contributed by atoms with van der Waals surface area (Å²) in [5, 5.41) is 2.77. The normalized spacial score (nSPS) is 12.7. The number of aldehydes is 1. The van der Waals surface area contributed by atoms with Crippen molar-refractivity contribution in [2.45, 2.75) is 52.7 Å². The highest BCUT2D eigenvalue weighted by molar-refractivity contribution is 5.69. The second-order valence-corrected chi connectivity index (χ2v) is 5.96. The lowest BCUT2D eigenvalue weighted by atomic mass is 9.97. The highest BCUT2D eigenvalue weighted by Crippen LogP contribution is 2.22. The van der Waals surface area contributed by atoms with Crippen molar-refractivity contribution in [2.24, 2.45) is 0 Å². The van der Waals surface area contributed by atoms with Gasteiger partial charge in [-0.05, 0) is 45.7 Å². The van der Waals surface area contributed by atoms with Crippen LogP contribution in [0.2, 0.25) is 0 Å². The third-order valence-electron chi connectivity index (χ3n) is 2.83. The van der Waals surface area contributed by atoms with Crippen molar-refractivity contribution in [1.82, 2.24) is 5.32 Å². The number of alkyl carbamates (subject to hydrolysis) is 1. The zero-order chi connectivity index (χ0) is 15.3. The summed E-state index contributed by atoms with van der Waals surface area (Å²) in [5.41, 5.74) is 2.52. The first kappa shape index (κ1) is 16.2. The number of carbonyl (C=O) groups excluding carboxylic acids is 2. The fourth-order valence-corrected chi connectivity index (χ4v) is 1.94. The van der Waals surface area contributed by atoms with E-state index in [2.05, 4.69) is 5.32 Å². The molecule has 0 aliphatic heterocycles. The van der Waals surface area contributed by atoms with E-state index in [1.807, 2.05) is 32.0 Å². The number of hydrogen-bond acceptors (Lipinski definition) is 3. The molecule has 0 aliphatic carbocycles. The van der Waals surface area contributed by atoms with Gasteiger partial charge in [0.05, 0.1) is 6.04 Å². The minimum Gasteiger partial charge on any atom is -0.444 e. The van der Waals surface area contributed by atoms with Gasteiger partial charge in [-0.1, -0.05) is 23.8 Å². The Morgan fingerprint density at radius 3 is 2.55 bits per heavy atom. The number of carbonyl (C=O) groups is 2. The molecule has 0 fully saturated rings. The second-order valence-electron chi connectivity index (χ2n) is 5.96. The van der Waals surface area contributed by atoms with E-state index in [0.717, 1.165) is 23.0 Å². The molecular weight excluding hydrogens is 254 g/mol. The van der Waals surface area contributed by atoms with Gasteiger partial charge in [0.15, 0.2) is 0 Å². The summed E-state index contributed by atoms with van der Waals surface area (Å²) >= 11 is 0. The SMILES string of the molecule is Cc1ccc(C)c([C@@H](CC=O)NC(=O)OC(C)(C)C)c1. The molecule has 110 valence electrons. The predicted octanol–water partition coefficient (Wildman–Crippen LogP) is 3.46. The van der Waals surface area contributed by atoms with Crippen molar-refractivity contribution in [3.8, 4) is 0 Å². The minimum atomic E-state index is -0.558. The van der Waals surface area contributed by atoms with Crippen LogP contribution in [0.4, 0.5) is 4.79 Å². The summed E-state index contributed by atoms with van der Waals surface area (Å²) in [6, 6.07) is 5.62. The predicted molar refractivity (Wildman–Crippen MR) is 78.7 cm³/mol. The van der Waals surface area contributed by atoms with E-state index in [4.69, 9.17) is 4.74 Å². The fraction of sp³-hybridized carbons (Fsp3) is 0.500. The maximum absolute atomic E-state index is 11.9. The average molecular weight is 277 g/mol. The Morgan fingerprint density at radius 2 is 2.00 bits per heavy atom. The highest BCUT2D eigenvalue weighted by atomic mass is 16.6. The molecule has 1 rings (SSSR count). The van der Waals surface area contributed by atoms with Gasteiger partial charge < -0.3 is 14.8 Å². The first-order valence-corrected chi connectivity index (χ1v) is 6.73. The van der Waals surface area contributed by atoms with Crippen LogP contribution in [0.3, 0.4) is 0 Å². The van der Waals surface area contributed by atoms with Gasteiger partial charge in [-0.15, -0.1) is 0 Å². The molecule has 1 aromatic carbocycles. The molecule has 1 atom stereocenters. The van der Waals surface area contributed by atoms with E-state index in [-0.39, 0.29) is 12.5 Å². The number of benzene rings is 1. The quantitative estimate of drug-likeness (QED) is 0.857. The van der Waals surface area contributed by atoms with Crippen LogP contribution >= 0.6 is 0 Å². The number of ether oxygens (including phenoxy) is 1.